The fraction of sp³-hybridized carbons (Fsp3) is 0. The fourth-order valence-corrected chi connectivity index (χ4v) is 1.98. The van der Waals surface area contributed by atoms with Gasteiger partial charge in [0.15, 0.2) is 0 Å². The molecule has 0 fully saturated rings. The molecule has 18 heavy (non-hydrogen) atoms. The maximum absolute atomic E-state index is 5.93. The molecule has 88 valence electrons. The van der Waals surface area contributed by atoms with E-state index in [0.29, 0.717) is 0 Å². The quantitative estimate of drug-likeness (QED) is 0.703. The highest BCUT2D eigenvalue weighted by Gasteiger charge is 2.05. The van der Waals surface area contributed by atoms with Gasteiger partial charge >= 0.3 is 0 Å². The Bertz CT molecular complexity index is 683. The number of hydrogen-bond acceptors (Lipinski definition) is 3. The summed E-state index contributed by atoms with van der Waals surface area (Å²) < 4.78 is 0. The number of anilines is 2. The van der Waals surface area contributed by atoms with Crippen molar-refractivity contribution in [2.24, 2.45) is 0 Å². The summed E-state index contributed by atoms with van der Waals surface area (Å²) in [6.45, 7) is 0. The third-order valence-electron chi connectivity index (χ3n) is 2.61. The molecule has 0 aliphatic rings. The van der Waals surface area contributed by atoms with Crippen LogP contribution in [0.1, 0.15) is 0 Å². The van der Waals surface area contributed by atoms with Crippen LogP contribution in [-0.2, 0) is 0 Å². The number of benzene rings is 2. The third-order valence-corrected chi connectivity index (χ3v) is 2.78. The molecule has 0 aliphatic carbocycles. The van der Waals surface area contributed by atoms with Gasteiger partial charge in [-0.05, 0) is 35.9 Å². The molecule has 0 bridgehead atoms. The molecule has 1 aromatic heterocycles. The Kier molecular flexibility index (Phi) is 2.82. The van der Waals surface area contributed by atoms with Gasteiger partial charge in [-0.1, -0.05) is 30.3 Å². The summed E-state index contributed by atoms with van der Waals surface area (Å²) in [5.74, 6) is 0.719. The van der Waals surface area contributed by atoms with Crippen LogP contribution in [-0.4, -0.2) is 9.97 Å². The number of hydrogen-bond donors (Lipinski definition) is 1. The lowest BCUT2D eigenvalue weighted by Gasteiger charge is -2.08. The van der Waals surface area contributed by atoms with Gasteiger partial charge in [0.1, 0.15) is 5.82 Å². The SMILES string of the molecule is Clc1nc(Nc2ccccc2)c2ccccc2n1. The van der Waals surface area contributed by atoms with Gasteiger partial charge in [-0.15, -0.1) is 0 Å². The van der Waals surface area contributed by atoms with Crippen LogP contribution in [0.3, 0.4) is 0 Å². The molecule has 0 saturated carbocycles. The van der Waals surface area contributed by atoms with Crippen molar-refractivity contribution < 1.29 is 0 Å². The average Bonchev–Trinajstić information content (AvgIpc) is 2.40. The third kappa shape index (κ3) is 2.13. The Labute approximate surface area is 109 Å². The van der Waals surface area contributed by atoms with Gasteiger partial charge in [0.2, 0.25) is 5.28 Å². The van der Waals surface area contributed by atoms with Gasteiger partial charge < -0.3 is 5.32 Å². The number of nitrogens with zero attached hydrogens (tertiary/aromatic N) is 2. The number of nitrogens with one attached hydrogen (secondary N) is 1. The van der Waals surface area contributed by atoms with Crippen LogP contribution in [0.15, 0.2) is 54.6 Å². The lowest BCUT2D eigenvalue weighted by atomic mass is 10.2. The van der Waals surface area contributed by atoms with E-state index < -0.39 is 0 Å². The first-order valence-corrected chi connectivity index (χ1v) is 5.95. The monoisotopic (exact) mass is 255 g/mol. The van der Waals surface area contributed by atoms with Crippen molar-refractivity contribution in [3.63, 3.8) is 0 Å². The second-order valence-corrected chi connectivity index (χ2v) is 4.19. The van der Waals surface area contributed by atoms with Crippen molar-refractivity contribution in [1.82, 2.24) is 9.97 Å². The highest BCUT2D eigenvalue weighted by molar-refractivity contribution is 6.28. The van der Waals surface area contributed by atoms with E-state index in [-0.39, 0.29) is 5.28 Å². The minimum atomic E-state index is 0.243. The highest BCUT2D eigenvalue weighted by Crippen LogP contribution is 2.24. The molecule has 3 nitrogen and oxygen atoms in total. The van der Waals surface area contributed by atoms with Crippen molar-refractivity contribution >= 4 is 34.0 Å². The van der Waals surface area contributed by atoms with E-state index in [2.05, 4.69) is 15.3 Å². The fourth-order valence-electron chi connectivity index (χ4n) is 1.80. The maximum atomic E-state index is 5.93. The van der Waals surface area contributed by atoms with Crippen LogP contribution in [0.25, 0.3) is 10.9 Å². The summed E-state index contributed by atoms with van der Waals surface area (Å²) in [5.41, 5.74) is 1.80. The first-order valence-electron chi connectivity index (χ1n) is 5.57. The van der Waals surface area contributed by atoms with Gasteiger partial charge in [0.25, 0.3) is 0 Å². The van der Waals surface area contributed by atoms with Gasteiger partial charge in [0.05, 0.1) is 5.52 Å². The Morgan fingerprint density at radius 2 is 1.56 bits per heavy atom. The molecule has 0 radical (unpaired) electrons. The van der Waals surface area contributed by atoms with Crippen LogP contribution in [0.5, 0.6) is 0 Å². The van der Waals surface area contributed by atoms with Crippen molar-refractivity contribution in [2.75, 3.05) is 5.32 Å². The van der Waals surface area contributed by atoms with E-state index in [0.717, 1.165) is 22.4 Å². The van der Waals surface area contributed by atoms with Crippen LogP contribution in [0.4, 0.5) is 11.5 Å². The van der Waals surface area contributed by atoms with Gasteiger partial charge in [-0.2, -0.15) is 4.98 Å². The second kappa shape index (κ2) is 4.63. The molecule has 0 atom stereocenters. The van der Waals surface area contributed by atoms with Gasteiger partial charge in [0, 0.05) is 11.1 Å². The molecule has 4 heteroatoms. The first kappa shape index (κ1) is 11.0. The summed E-state index contributed by atoms with van der Waals surface area (Å²) in [5, 5.41) is 4.44. The number of aromatic nitrogens is 2. The molecule has 1 heterocycles. The van der Waals surface area contributed by atoms with E-state index >= 15 is 0 Å². The van der Waals surface area contributed by atoms with E-state index in [1.165, 1.54) is 0 Å². The van der Waals surface area contributed by atoms with E-state index in [4.69, 9.17) is 11.6 Å². The Balaban J connectivity index is 2.11. The average molecular weight is 256 g/mol. The lowest BCUT2D eigenvalue weighted by molar-refractivity contribution is 1.22. The highest BCUT2D eigenvalue weighted by atomic mass is 35.5. The zero-order valence-electron chi connectivity index (χ0n) is 9.47. The smallest absolute Gasteiger partial charge is 0.224 e. The summed E-state index contributed by atoms with van der Waals surface area (Å²) >= 11 is 5.93. The van der Waals surface area contributed by atoms with E-state index in [1.54, 1.807) is 0 Å². The number of halogens is 1. The van der Waals surface area contributed by atoms with Crippen molar-refractivity contribution in [1.29, 1.82) is 0 Å². The molecular weight excluding hydrogens is 246 g/mol. The Morgan fingerprint density at radius 3 is 2.39 bits per heavy atom. The molecule has 0 unspecified atom stereocenters. The predicted molar refractivity (Wildman–Crippen MR) is 74.3 cm³/mol. The zero-order valence-corrected chi connectivity index (χ0v) is 10.2. The second-order valence-electron chi connectivity index (χ2n) is 3.85. The standard InChI is InChI=1S/C14H10ClN3/c15-14-17-12-9-5-4-8-11(12)13(18-14)16-10-6-2-1-3-7-10/h1-9H,(H,16,17,18). The molecular formula is C14H10ClN3. The molecule has 0 saturated heterocycles. The van der Waals surface area contributed by atoms with Gasteiger partial charge in [-0.25, -0.2) is 4.98 Å². The van der Waals surface area contributed by atoms with Crippen molar-refractivity contribution in [2.45, 2.75) is 0 Å². The molecule has 1 N–H and O–H groups in total. The number of fused-ring (bicyclic) bond motifs is 1. The largest absolute Gasteiger partial charge is 0.340 e. The van der Waals surface area contributed by atoms with Crippen LogP contribution in [0.2, 0.25) is 5.28 Å². The van der Waals surface area contributed by atoms with Crippen molar-refractivity contribution in [3.05, 3.63) is 59.9 Å². The van der Waals surface area contributed by atoms with Crippen LogP contribution < -0.4 is 5.32 Å². The number of para-hydroxylation sites is 2. The van der Waals surface area contributed by atoms with Gasteiger partial charge in [-0.3, -0.25) is 0 Å². The maximum Gasteiger partial charge on any atom is 0.224 e. The van der Waals surface area contributed by atoms with Crippen LogP contribution >= 0.6 is 11.6 Å². The minimum Gasteiger partial charge on any atom is -0.340 e. The molecule has 2 aromatic carbocycles. The molecule has 3 aromatic rings. The van der Waals surface area contributed by atoms with Crippen LogP contribution in [0, 0.1) is 0 Å². The predicted octanol–water partition coefficient (Wildman–Crippen LogP) is 4.03. The van der Waals surface area contributed by atoms with E-state index in [1.807, 2.05) is 54.6 Å². The molecule has 0 spiro atoms. The van der Waals surface area contributed by atoms with E-state index in [9.17, 15) is 0 Å². The molecule has 3 rings (SSSR count). The zero-order chi connectivity index (χ0) is 12.4. The lowest BCUT2D eigenvalue weighted by Crippen LogP contribution is -1.96. The Morgan fingerprint density at radius 1 is 0.833 bits per heavy atom. The summed E-state index contributed by atoms with van der Waals surface area (Å²) in [4.78, 5) is 8.43. The topological polar surface area (TPSA) is 37.8 Å². The minimum absolute atomic E-state index is 0.243. The molecule has 0 amide bonds. The summed E-state index contributed by atoms with van der Waals surface area (Å²) in [6, 6.07) is 17.6. The summed E-state index contributed by atoms with van der Waals surface area (Å²) in [7, 11) is 0. The summed E-state index contributed by atoms with van der Waals surface area (Å²) in [6.07, 6.45) is 0. The van der Waals surface area contributed by atoms with Crippen molar-refractivity contribution in [3.8, 4) is 0 Å². The normalized spacial score (nSPS) is 10.5. The Hall–Kier alpha value is -2.13. The number of rotatable bonds is 2. The molecule has 0 aliphatic heterocycles. The first-order chi connectivity index (χ1) is 8.83.